The molecule has 3 aliphatic rings. The molecule has 196 valence electrons. The molecule has 1 aromatic carbocycles. The Morgan fingerprint density at radius 1 is 1.19 bits per heavy atom. The van der Waals surface area contributed by atoms with Crippen molar-refractivity contribution in [1.29, 1.82) is 0 Å². The molecule has 6 rings (SSSR count). The number of aromatic nitrogens is 6. The van der Waals surface area contributed by atoms with E-state index in [1.807, 2.05) is 19.1 Å². The van der Waals surface area contributed by atoms with Crippen molar-refractivity contribution in [2.75, 3.05) is 30.4 Å². The van der Waals surface area contributed by atoms with Crippen LogP contribution in [0.1, 0.15) is 51.1 Å². The Kier molecular flexibility index (Phi) is 5.95. The number of fused-ring (bicyclic) bond motifs is 1. The number of nitrogens with zero attached hydrogens (tertiary/aromatic N) is 7. The number of hydrogen-bond acceptors (Lipinski definition) is 9. The van der Waals surface area contributed by atoms with E-state index in [0.29, 0.717) is 30.6 Å². The number of aryl methyl sites for hydroxylation is 1. The summed E-state index contributed by atoms with van der Waals surface area (Å²) in [5.41, 5.74) is 1.83. The maximum Gasteiger partial charge on any atom is 0.368 e. The van der Waals surface area contributed by atoms with Gasteiger partial charge in [0.25, 0.3) is 0 Å². The van der Waals surface area contributed by atoms with Gasteiger partial charge in [0.1, 0.15) is 6.04 Å². The van der Waals surface area contributed by atoms with Gasteiger partial charge in [-0.2, -0.15) is 14.3 Å². The summed E-state index contributed by atoms with van der Waals surface area (Å²) in [5, 5.41) is 14.6. The lowest BCUT2D eigenvalue weighted by molar-refractivity contribution is -0.0309. The number of tetrazole rings is 1. The smallest absolute Gasteiger partial charge is 0.368 e. The topological polar surface area (TPSA) is 115 Å². The maximum absolute atomic E-state index is 14.7. The Hall–Kier alpha value is -3.38. The monoisotopic (exact) mass is 509 g/mol. The summed E-state index contributed by atoms with van der Waals surface area (Å²) in [6, 6.07) is 6.07. The van der Waals surface area contributed by atoms with E-state index in [9.17, 15) is 9.18 Å². The van der Waals surface area contributed by atoms with Crippen LogP contribution in [0.3, 0.4) is 0 Å². The van der Waals surface area contributed by atoms with Crippen LogP contribution >= 0.6 is 0 Å². The molecule has 0 aliphatic carbocycles. The minimum atomic E-state index is -0.482. The van der Waals surface area contributed by atoms with E-state index < -0.39 is 5.82 Å². The summed E-state index contributed by atoms with van der Waals surface area (Å²) in [4.78, 5) is 24.0. The minimum Gasteiger partial charge on any atom is -0.377 e. The predicted molar refractivity (Wildman–Crippen MR) is 136 cm³/mol. The molecule has 0 saturated carbocycles. The van der Waals surface area contributed by atoms with Crippen LogP contribution in [0, 0.1) is 12.7 Å². The normalized spacial score (nSPS) is 23.5. The average molecular weight is 510 g/mol. The van der Waals surface area contributed by atoms with Gasteiger partial charge in [-0.1, -0.05) is 6.07 Å². The highest BCUT2D eigenvalue weighted by Crippen LogP contribution is 2.38. The van der Waals surface area contributed by atoms with Gasteiger partial charge in [0, 0.05) is 23.3 Å². The third-order valence-electron chi connectivity index (χ3n) is 7.80. The van der Waals surface area contributed by atoms with Crippen molar-refractivity contribution in [2.24, 2.45) is 0 Å². The third-order valence-corrected chi connectivity index (χ3v) is 7.80. The number of benzene rings is 1. The van der Waals surface area contributed by atoms with Crippen molar-refractivity contribution in [2.45, 2.75) is 70.1 Å². The molecule has 0 spiro atoms. The third kappa shape index (κ3) is 4.48. The Bertz CT molecular complexity index is 1370. The van der Waals surface area contributed by atoms with Crippen LogP contribution in [-0.2, 0) is 4.74 Å². The van der Waals surface area contributed by atoms with Gasteiger partial charge >= 0.3 is 5.69 Å². The molecular weight excluding hydrogens is 477 g/mol. The molecular formula is C25H32FN9O2. The van der Waals surface area contributed by atoms with Crippen LogP contribution in [0.4, 0.5) is 21.8 Å². The van der Waals surface area contributed by atoms with Gasteiger partial charge in [0.15, 0.2) is 11.6 Å². The van der Waals surface area contributed by atoms with Gasteiger partial charge in [0.05, 0.1) is 25.1 Å². The van der Waals surface area contributed by atoms with E-state index in [4.69, 9.17) is 4.74 Å². The first-order valence-corrected chi connectivity index (χ1v) is 12.8. The second kappa shape index (κ2) is 9.18. The molecule has 3 fully saturated rings. The van der Waals surface area contributed by atoms with Gasteiger partial charge in [-0.05, 0) is 81.1 Å². The number of piperidine rings is 1. The van der Waals surface area contributed by atoms with E-state index in [2.05, 4.69) is 49.8 Å². The molecule has 2 aromatic heterocycles. The van der Waals surface area contributed by atoms with Crippen molar-refractivity contribution < 1.29 is 9.13 Å². The number of halogens is 1. The average Bonchev–Trinajstić information content (AvgIpc) is 3.44. The number of ether oxygens (including phenoxy) is 1. The van der Waals surface area contributed by atoms with Crippen molar-refractivity contribution in [3.05, 3.63) is 46.3 Å². The van der Waals surface area contributed by atoms with Gasteiger partial charge < -0.3 is 15.4 Å². The molecule has 0 amide bonds. The van der Waals surface area contributed by atoms with Crippen LogP contribution in [0.15, 0.2) is 29.2 Å². The lowest BCUT2D eigenvalue weighted by Crippen LogP contribution is -2.55. The molecule has 3 aromatic rings. The molecule has 11 nitrogen and oxygen atoms in total. The SMILES string of the molecule is Cc1ccc(Nc2ncc(F)c(N[C@@H]3C[C@@H]4CCCN4C(C)(C)C3)n2)cc1-n1nnn(C2COC2)c1=O. The van der Waals surface area contributed by atoms with Gasteiger partial charge in [-0.25, -0.2) is 14.2 Å². The largest absolute Gasteiger partial charge is 0.377 e. The second-order valence-electron chi connectivity index (χ2n) is 10.9. The number of hydrogen-bond donors (Lipinski definition) is 2. The molecule has 5 heterocycles. The zero-order valence-electron chi connectivity index (χ0n) is 21.3. The highest BCUT2D eigenvalue weighted by Gasteiger charge is 2.43. The predicted octanol–water partition coefficient (Wildman–Crippen LogP) is 2.80. The summed E-state index contributed by atoms with van der Waals surface area (Å²) in [5.74, 6) is -0.0252. The van der Waals surface area contributed by atoms with Crippen LogP contribution in [0.5, 0.6) is 0 Å². The standard InChI is InChI=1S/C25H32FN9O2/c1-15-6-7-16(10-21(15)35-24(36)34(31-32-35)19-13-37-14-19)29-23-27-12-20(26)22(30-23)28-17-9-18-5-4-8-33(18)25(2,3)11-17/h6-7,10,12,17-19H,4-5,8-9,11,13-14H2,1-3H3,(H2,27,28,29,30)/t17-,18+/m1/s1. The van der Waals surface area contributed by atoms with E-state index in [-0.39, 0.29) is 35.1 Å². The fourth-order valence-corrected chi connectivity index (χ4v) is 5.89. The summed E-state index contributed by atoms with van der Waals surface area (Å²) in [6.45, 7) is 8.47. The number of rotatable bonds is 6. The first kappa shape index (κ1) is 24.0. The second-order valence-corrected chi connectivity index (χ2v) is 10.9. The summed E-state index contributed by atoms with van der Waals surface area (Å²) in [7, 11) is 0. The fraction of sp³-hybridized carbons (Fsp3) is 0.560. The molecule has 2 N–H and O–H groups in total. The molecule has 12 heteroatoms. The highest BCUT2D eigenvalue weighted by atomic mass is 19.1. The Labute approximate surface area is 214 Å². The first-order valence-electron chi connectivity index (χ1n) is 12.8. The van der Waals surface area contributed by atoms with Crippen molar-refractivity contribution in [1.82, 2.24) is 34.7 Å². The molecule has 37 heavy (non-hydrogen) atoms. The van der Waals surface area contributed by atoms with Gasteiger partial charge in [-0.15, -0.1) is 0 Å². The zero-order valence-corrected chi connectivity index (χ0v) is 21.3. The number of anilines is 3. The molecule has 0 radical (unpaired) electrons. The first-order chi connectivity index (χ1) is 17.8. The molecule has 0 bridgehead atoms. The Morgan fingerprint density at radius 2 is 2.03 bits per heavy atom. The molecule has 3 saturated heterocycles. The van der Waals surface area contributed by atoms with Crippen LogP contribution < -0.4 is 16.3 Å². The van der Waals surface area contributed by atoms with Crippen LogP contribution in [0.2, 0.25) is 0 Å². The van der Waals surface area contributed by atoms with Crippen molar-refractivity contribution >= 4 is 17.5 Å². The van der Waals surface area contributed by atoms with E-state index in [0.717, 1.165) is 24.9 Å². The van der Waals surface area contributed by atoms with Crippen LogP contribution in [-0.4, -0.2) is 72.0 Å². The highest BCUT2D eigenvalue weighted by molar-refractivity contribution is 5.60. The van der Waals surface area contributed by atoms with Crippen molar-refractivity contribution in [3.63, 3.8) is 0 Å². The summed E-state index contributed by atoms with van der Waals surface area (Å²) < 4.78 is 22.5. The molecule has 2 atom stereocenters. The maximum atomic E-state index is 14.7. The quantitative estimate of drug-likeness (QED) is 0.518. The number of nitrogens with one attached hydrogen (secondary N) is 2. The Morgan fingerprint density at radius 3 is 2.81 bits per heavy atom. The molecule has 0 unspecified atom stereocenters. The van der Waals surface area contributed by atoms with E-state index in [1.165, 1.54) is 28.4 Å². The zero-order chi connectivity index (χ0) is 25.7. The van der Waals surface area contributed by atoms with E-state index >= 15 is 0 Å². The summed E-state index contributed by atoms with van der Waals surface area (Å²) >= 11 is 0. The van der Waals surface area contributed by atoms with Crippen LogP contribution in [0.25, 0.3) is 5.69 Å². The lowest BCUT2D eigenvalue weighted by atomic mass is 9.84. The van der Waals surface area contributed by atoms with Gasteiger partial charge in [0.2, 0.25) is 5.95 Å². The lowest BCUT2D eigenvalue weighted by Gasteiger charge is -2.47. The summed E-state index contributed by atoms with van der Waals surface area (Å²) in [6.07, 6.45) is 5.46. The minimum absolute atomic E-state index is 0.0611. The van der Waals surface area contributed by atoms with Crippen molar-refractivity contribution in [3.8, 4) is 5.69 Å². The fourth-order valence-electron chi connectivity index (χ4n) is 5.89. The van der Waals surface area contributed by atoms with E-state index in [1.54, 1.807) is 6.07 Å². The Balaban J connectivity index is 1.21. The van der Waals surface area contributed by atoms with Gasteiger partial charge in [-0.3, -0.25) is 4.90 Å². The molecule has 3 aliphatic heterocycles.